The summed E-state index contributed by atoms with van der Waals surface area (Å²) >= 11 is 0. The highest BCUT2D eigenvalue weighted by Gasteiger charge is 2.11. The van der Waals surface area contributed by atoms with E-state index in [0.717, 1.165) is 0 Å². The van der Waals surface area contributed by atoms with Crippen molar-refractivity contribution >= 4 is 11.9 Å². The molecule has 0 N–H and O–H groups in total. The van der Waals surface area contributed by atoms with E-state index in [1.165, 1.54) is 0 Å². The van der Waals surface area contributed by atoms with Gasteiger partial charge in [0.2, 0.25) is 12.6 Å². The molecule has 0 amide bonds. The summed E-state index contributed by atoms with van der Waals surface area (Å²) in [6.07, 6.45) is -1.33. The van der Waals surface area contributed by atoms with Crippen molar-refractivity contribution in [3.05, 3.63) is 24.3 Å². The van der Waals surface area contributed by atoms with E-state index in [9.17, 15) is 9.59 Å². The van der Waals surface area contributed by atoms with Gasteiger partial charge in [-0.15, -0.1) is 0 Å². The molecule has 0 aliphatic heterocycles. The number of esters is 2. The Morgan fingerprint density at radius 2 is 1.13 bits per heavy atom. The first kappa shape index (κ1) is 21.3. The molecule has 0 rings (SSSR count). The van der Waals surface area contributed by atoms with Crippen molar-refractivity contribution in [1.29, 1.82) is 0 Å². The Hall–Kier alpha value is -1.70. The lowest BCUT2D eigenvalue weighted by atomic mass is 10.4. The van der Waals surface area contributed by atoms with Gasteiger partial charge in [0.1, 0.15) is 0 Å². The minimum Gasteiger partial charge on any atom is -0.433 e. The zero-order chi connectivity index (χ0) is 17.8. The molecule has 0 heterocycles. The molecule has 0 radical (unpaired) electrons. The molecule has 0 aromatic rings. The number of hydrogen-bond acceptors (Lipinski definition) is 7. The molecule has 0 bridgehead atoms. The molecule has 7 nitrogen and oxygen atoms in total. The van der Waals surface area contributed by atoms with Crippen LogP contribution in [0.5, 0.6) is 0 Å². The zero-order valence-corrected chi connectivity index (χ0v) is 14.3. The third-order valence-electron chi connectivity index (χ3n) is 2.40. The highest BCUT2D eigenvalue weighted by molar-refractivity contribution is 5.87. The molecule has 23 heavy (non-hydrogen) atoms. The van der Waals surface area contributed by atoms with Crippen LogP contribution in [0.2, 0.25) is 0 Å². The van der Waals surface area contributed by atoms with Crippen LogP contribution in [0.1, 0.15) is 27.7 Å². The largest absolute Gasteiger partial charge is 0.433 e. The maximum absolute atomic E-state index is 11.2. The van der Waals surface area contributed by atoms with Crippen LogP contribution in [0.15, 0.2) is 24.3 Å². The van der Waals surface area contributed by atoms with Crippen LogP contribution in [0.3, 0.4) is 0 Å². The highest BCUT2D eigenvalue weighted by Crippen LogP contribution is 2.01. The molecule has 7 heteroatoms. The molecule has 132 valence electrons. The number of carbonyl (C=O) groups excluding carboxylic acids is 2. The van der Waals surface area contributed by atoms with Crippen LogP contribution in [-0.2, 0) is 33.3 Å². The van der Waals surface area contributed by atoms with Gasteiger partial charge in [-0.25, -0.2) is 9.59 Å². The quantitative estimate of drug-likeness (QED) is 0.234. The molecule has 0 aliphatic rings. The molecule has 0 saturated heterocycles. The van der Waals surface area contributed by atoms with Crippen molar-refractivity contribution in [2.45, 2.75) is 40.3 Å². The van der Waals surface area contributed by atoms with Crippen molar-refractivity contribution < 1.29 is 33.3 Å². The molecule has 2 unspecified atom stereocenters. The molecular formula is C16H26O7. The van der Waals surface area contributed by atoms with Gasteiger partial charge >= 0.3 is 11.9 Å². The van der Waals surface area contributed by atoms with E-state index in [2.05, 4.69) is 13.2 Å². The van der Waals surface area contributed by atoms with Crippen LogP contribution < -0.4 is 0 Å². The summed E-state index contributed by atoms with van der Waals surface area (Å²) in [7, 11) is 0. The summed E-state index contributed by atoms with van der Waals surface area (Å²) in [6.45, 7) is 14.5. The minimum atomic E-state index is -0.666. The lowest BCUT2D eigenvalue weighted by Gasteiger charge is -2.15. The molecule has 2 atom stereocenters. The summed E-state index contributed by atoms with van der Waals surface area (Å²) in [6, 6.07) is 0. The Kier molecular flexibility index (Phi) is 10.9. The average molecular weight is 330 g/mol. The van der Waals surface area contributed by atoms with Gasteiger partial charge in [0.05, 0.1) is 26.4 Å². The van der Waals surface area contributed by atoms with Crippen LogP contribution in [0.25, 0.3) is 0 Å². The zero-order valence-electron chi connectivity index (χ0n) is 14.3. The molecule has 0 aromatic carbocycles. The fourth-order valence-electron chi connectivity index (χ4n) is 1.22. The van der Waals surface area contributed by atoms with Gasteiger partial charge in [0.15, 0.2) is 0 Å². The summed E-state index contributed by atoms with van der Waals surface area (Å²) in [4.78, 5) is 22.4. The molecule has 0 spiro atoms. The lowest BCUT2D eigenvalue weighted by Crippen LogP contribution is -2.22. The minimum absolute atomic E-state index is 0.269. The molecule has 0 fully saturated rings. The topological polar surface area (TPSA) is 80.3 Å². The van der Waals surface area contributed by atoms with Gasteiger partial charge in [-0.1, -0.05) is 13.2 Å². The van der Waals surface area contributed by atoms with E-state index in [1.54, 1.807) is 27.7 Å². The maximum Gasteiger partial charge on any atom is 0.335 e. The molecule has 0 saturated carbocycles. The van der Waals surface area contributed by atoms with Gasteiger partial charge in [0, 0.05) is 11.1 Å². The van der Waals surface area contributed by atoms with Gasteiger partial charge in [-0.05, 0) is 27.7 Å². The van der Waals surface area contributed by atoms with Gasteiger partial charge in [-0.2, -0.15) is 0 Å². The Bertz CT molecular complexity index is 379. The van der Waals surface area contributed by atoms with Crippen LogP contribution in [-0.4, -0.2) is 50.9 Å². The highest BCUT2D eigenvalue weighted by atomic mass is 16.7. The summed E-state index contributed by atoms with van der Waals surface area (Å²) in [5.41, 5.74) is 0.630. The van der Waals surface area contributed by atoms with E-state index < -0.39 is 24.5 Å². The monoisotopic (exact) mass is 330 g/mol. The smallest absolute Gasteiger partial charge is 0.335 e. The Morgan fingerprint density at radius 1 is 0.783 bits per heavy atom. The molecule has 0 aliphatic carbocycles. The summed E-state index contributed by atoms with van der Waals surface area (Å²) in [5.74, 6) is -0.991. The van der Waals surface area contributed by atoms with Gasteiger partial charge in [0.25, 0.3) is 0 Å². The van der Waals surface area contributed by atoms with Gasteiger partial charge in [-0.3, -0.25) is 0 Å². The van der Waals surface area contributed by atoms with Crippen LogP contribution >= 0.6 is 0 Å². The summed E-state index contributed by atoms with van der Waals surface area (Å²) < 4.78 is 25.6. The first-order valence-electron chi connectivity index (χ1n) is 7.28. The number of rotatable bonds is 12. The van der Waals surface area contributed by atoms with Gasteiger partial charge < -0.3 is 23.7 Å². The predicted molar refractivity (Wildman–Crippen MR) is 83.5 cm³/mol. The number of carbonyl (C=O) groups is 2. The fraction of sp³-hybridized carbons (Fsp3) is 0.625. The number of hydrogen-bond donors (Lipinski definition) is 0. The first-order valence-corrected chi connectivity index (χ1v) is 7.28. The maximum atomic E-state index is 11.2. The van der Waals surface area contributed by atoms with Crippen molar-refractivity contribution in [2.75, 3.05) is 26.4 Å². The Balaban J connectivity index is 3.56. The third-order valence-corrected chi connectivity index (χ3v) is 2.40. The second-order valence-corrected chi connectivity index (χ2v) is 4.86. The second-order valence-electron chi connectivity index (χ2n) is 4.86. The van der Waals surface area contributed by atoms with E-state index in [0.29, 0.717) is 24.4 Å². The van der Waals surface area contributed by atoms with Crippen LogP contribution in [0, 0.1) is 0 Å². The fourth-order valence-corrected chi connectivity index (χ4v) is 1.22. The van der Waals surface area contributed by atoms with E-state index in [1.807, 2.05) is 0 Å². The third kappa shape index (κ3) is 11.5. The normalized spacial score (nSPS) is 13.0. The lowest BCUT2D eigenvalue weighted by molar-refractivity contribution is -0.175. The SMILES string of the molecule is C=C(C)C(=O)OC(C)OCCOCCOC(C)OC(=O)C(=C)C. The van der Waals surface area contributed by atoms with Crippen molar-refractivity contribution in [2.24, 2.45) is 0 Å². The molecule has 0 aromatic heterocycles. The number of ether oxygens (including phenoxy) is 5. The van der Waals surface area contributed by atoms with E-state index in [-0.39, 0.29) is 13.2 Å². The van der Waals surface area contributed by atoms with Crippen molar-refractivity contribution in [1.82, 2.24) is 0 Å². The van der Waals surface area contributed by atoms with Crippen LogP contribution in [0.4, 0.5) is 0 Å². The first-order chi connectivity index (χ1) is 10.7. The Morgan fingerprint density at radius 3 is 1.43 bits per heavy atom. The standard InChI is InChI=1S/C16H26O7/c1-11(2)15(17)22-13(5)20-9-7-19-8-10-21-14(6)23-16(18)12(3)4/h13-14H,1,3,7-10H2,2,4-6H3. The average Bonchev–Trinajstić information content (AvgIpc) is 2.45. The summed E-state index contributed by atoms with van der Waals surface area (Å²) in [5, 5.41) is 0. The molecular weight excluding hydrogens is 304 g/mol. The van der Waals surface area contributed by atoms with E-state index in [4.69, 9.17) is 23.7 Å². The van der Waals surface area contributed by atoms with Crippen molar-refractivity contribution in [3.63, 3.8) is 0 Å². The Labute approximate surface area is 137 Å². The van der Waals surface area contributed by atoms with E-state index >= 15 is 0 Å². The predicted octanol–water partition coefficient (Wildman–Crippen LogP) is 1.97. The second kappa shape index (κ2) is 11.8. The van der Waals surface area contributed by atoms with Crippen molar-refractivity contribution in [3.8, 4) is 0 Å².